The number of halogens is 1. The van der Waals surface area contributed by atoms with E-state index in [4.69, 9.17) is 5.73 Å². The molecule has 0 aliphatic carbocycles. The first-order valence-electron chi connectivity index (χ1n) is 3.91. The maximum absolute atomic E-state index is 11.1. The largest absolute Gasteiger partial charge is 0.465 e. The van der Waals surface area contributed by atoms with Crippen LogP contribution in [0.3, 0.4) is 0 Å². The van der Waals surface area contributed by atoms with Crippen molar-refractivity contribution in [1.82, 2.24) is 14.6 Å². The summed E-state index contributed by atoms with van der Waals surface area (Å²) in [6.45, 7) is 0. The second-order valence-electron chi connectivity index (χ2n) is 2.68. The molecule has 0 spiro atoms. The van der Waals surface area contributed by atoms with Crippen LogP contribution in [0.15, 0.2) is 18.3 Å². The molecule has 15 heavy (non-hydrogen) atoms. The number of hydrogen-bond donors (Lipinski definition) is 1. The number of methoxy groups -OCH3 is 1. The van der Waals surface area contributed by atoms with Crippen molar-refractivity contribution in [1.29, 1.82) is 0 Å². The Morgan fingerprint density at radius 3 is 2.93 bits per heavy atom. The van der Waals surface area contributed by atoms with Gasteiger partial charge in [0.1, 0.15) is 0 Å². The first-order valence-corrected chi connectivity index (χ1v) is 3.91. The molecule has 80 valence electrons. The lowest BCUT2D eigenvalue weighted by molar-refractivity contribution is 0.0600. The summed E-state index contributed by atoms with van der Waals surface area (Å²) in [5.74, 6) is -0.243. The van der Waals surface area contributed by atoms with E-state index in [-0.39, 0.29) is 18.4 Å². The molecule has 2 aromatic heterocycles. The topological polar surface area (TPSA) is 82.5 Å². The van der Waals surface area contributed by atoms with Gasteiger partial charge in [-0.25, -0.2) is 9.31 Å². The van der Waals surface area contributed by atoms with Crippen LogP contribution in [0, 0.1) is 0 Å². The third-order valence-corrected chi connectivity index (χ3v) is 1.77. The number of aromatic nitrogens is 3. The first kappa shape index (κ1) is 11.3. The highest BCUT2D eigenvalue weighted by Crippen LogP contribution is 2.06. The quantitative estimate of drug-likeness (QED) is 0.720. The molecule has 7 heteroatoms. The first-order chi connectivity index (χ1) is 6.70. The minimum absolute atomic E-state index is 0. The van der Waals surface area contributed by atoms with Crippen LogP contribution in [-0.2, 0) is 4.74 Å². The predicted octanol–water partition coefficient (Wildman–Crippen LogP) is 0.520. The molecule has 2 heterocycles. The number of nitrogens with zero attached hydrogens (tertiary/aromatic N) is 3. The minimum atomic E-state index is -0.416. The third kappa shape index (κ3) is 1.99. The Morgan fingerprint density at radius 2 is 2.27 bits per heavy atom. The molecule has 0 radical (unpaired) electrons. The average molecular weight is 229 g/mol. The fraction of sp³-hybridized carbons (Fsp3) is 0.125. The van der Waals surface area contributed by atoms with E-state index in [0.29, 0.717) is 11.2 Å². The maximum Gasteiger partial charge on any atom is 0.339 e. The highest BCUT2D eigenvalue weighted by Gasteiger charge is 2.07. The van der Waals surface area contributed by atoms with Crippen LogP contribution in [-0.4, -0.2) is 27.7 Å². The Kier molecular flexibility index (Phi) is 3.11. The molecule has 0 bridgehead atoms. The van der Waals surface area contributed by atoms with Crippen molar-refractivity contribution >= 4 is 30.0 Å². The Morgan fingerprint density at radius 1 is 1.53 bits per heavy atom. The van der Waals surface area contributed by atoms with Gasteiger partial charge in [-0.3, -0.25) is 0 Å². The Bertz CT molecular complexity index is 496. The number of hydrogen-bond acceptors (Lipinski definition) is 5. The molecule has 0 unspecified atom stereocenters. The zero-order chi connectivity index (χ0) is 10.1. The van der Waals surface area contributed by atoms with Crippen molar-refractivity contribution in [3.63, 3.8) is 0 Å². The number of esters is 1. The summed E-state index contributed by atoms with van der Waals surface area (Å²) in [6.07, 6.45) is 1.52. The van der Waals surface area contributed by atoms with Crippen LogP contribution in [0.5, 0.6) is 0 Å². The summed E-state index contributed by atoms with van der Waals surface area (Å²) in [4.78, 5) is 15.1. The number of fused-ring (bicyclic) bond motifs is 1. The van der Waals surface area contributed by atoms with Crippen LogP contribution < -0.4 is 5.73 Å². The molecule has 0 fully saturated rings. The van der Waals surface area contributed by atoms with E-state index in [1.165, 1.54) is 17.8 Å². The van der Waals surface area contributed by atoms with Crippen molar-refractivity contribution in [3.05, 3.63) is 23.9 Å². The van der Waals surface area contributed by atoms with Gasteiger partial charge in [-0.2, -0.15) is 4.98 Å². The molecule has 2 rings (SSSR count). The number of pyridine rings is 1. The second-order valence-corrected chi connectivity index (χ2v) is 2.68. The number of nitrogens with two attached hydrogens (primary N) is 1. The van der Waals surface area contributed by atoms with Crippen LogP contribution in [0.2, 0.25) is 0 Å². The van der Waals surface area contributed by atoms with Crippen molar-refractivity contribution in [3.8, 4) is 0 Å². The predicted molar refractivity (Wildman–Crippen MR) is 56.0 cm³/mol. The van der Waals surface area contributed by atoms with Crippen LogP contribution in [0.1, 0.15) is 10.4 Å². The lowest BCUT2D eigenvalue weighted by atomic mass is 10.3. The smallest absolute Gasteiger partial charge is 0.339 e. The standard InChI is InChI=1S/C8H8N4O2.ClH/c1-14-7(13)5-2-3-6-10-8(9)11-12(6)4-5;/h2-4H,1H3,(H2,9,11);1H. The highest BCUT2D eigenvalue weighted by atomic mass is 35.5. The molecule has 0 saturated carbocycles. The molecule has 0 aliphatic rings. The number of nitrogen functional groups attached to an aromatic ring is 1. The van der Waals surface area contributed by atoms with Gasteiger partial charge < -0.3 is 10.5 Å². The number of anilines is 1. The molecule has 0 amide bonds. The Balaban J connectivity index is 0.00000112. The summed E-state index contributed by atoms with van der Waals surface area (Å²) >= 11 is 0. The van der Waals surface area contributed by atoms with Gasteiger partial charge in [-0.1, -0.05) is 0 Å². The van der Waals surface area contributed by atoms with E-state index in [9.17, 15) is 4.79 Å². The van der Waals surface area contributed by atoms with Crippen molar-refractivity contribution in [2.24, 2.45) is 0 Å². The fourth-order valence-corrected chi connectivity index (χ4v) is 1.14. The van der Waals surface area contributed by atoms with Gasteiger partial charge in [0.05, 0.1) is 12.7 Å². The second kappa shape index (κ2) is 4.14. The van der Waals surface area contributed by atoms with E-state index in [1.807, 2.05) is 0 Å². The summed E-state index contributed by atoms with van der Waals surface area (Å²) in [5, 5.41) is 3.87. The summed E-state index contributed by atoms with van der Waals surface area (Å²) < 4.78 is 5.99. The number of carbonyl (C=O) groups excluding carboxylic acids is 1. The zero-order valence-electron chi connectivity index (χ0n) is 7.88. The third-order valence-electron chi connectivity index (χ3n) is 1.77. The van der Waals surface area contributed by atoms with Gasteiger partial charge in [-0.05, 0) is 12.1 Å². The van der Waals surface area contributed by atoms with E-state index in [1.54, 1.807) is 12.1 Å². The van der Waals surface area contributed by atoms with Gasteiger partial charge in [-0.15, -0.1) is 17.5 Å². The average Bonchev–Trinajstić information content (AvgIpc) is 2.55. The zero-order valence-corrected chi connectivity index (χ0v) is 8.69. The normalized spacial score (nSPS) is 9.67. The fourth-order valence-electron chi connectivity index (χ4n) is 1.14. The lowest BCUT2D eigenvalue weighted by Gasteiger charge is -1.98. The van der Waals surface area contributed by atoms with Gasteiger partial charge in [0.2, 0.25) is 5.95 Å². The highest BCUT2D eigenvalue weighted by molar-refractivity contribution is 5.89. The van der Waals surface area contributed by atoms with Crippen molar-refractivity contribution in [2.75, 3.05) is 12.8 Å². The van der Waals surface area contributed by atoms with Crippen molar-refractivity contribution in [2.45, 2.75) is 0 Å². The summed E-state index contributed by atoms with van der Waals surface area (Å²) in [7, 11) is 1.32. The van der Waals surface area contributed by atoms with Gasteiger partial charge in [0.15, 0.2) is 5.65 Å². The van der Waals surface area contributed by atoms with Crippen LogP contribution >= 0.6 is 12.4 Å². The lowest BCUT2D eigenvalue weighted by Crippen LogP contribution is -2.03. The molecule has 0 atom stereocenters. The van der Waals surface area contributed by atoms with Gasteiger partial charge >= 0.3 is 5.97 Å². The molecular formula is C8H9ClN4O2. The van der Waals surface area contributed by atoms with Gasteiger partial charge in [0.25, 0.3) is 0 Å². The monoisotopic (exact) mass is 228 g/mol. The van der Waals surface area contributed by atoms with E-state index in [0.717, 1.165) is 0 Å². The number of carbonyl (C=O) groups is 1. The summed E-state index contributed by atoms with van der Waals surface area (Å²) in [6, 6.07) is 3.25. The number of ether oxygens (including phenoxy) is 1. The minimum Gasteiger partial charge on any atom is -0.465 e. The molecule has 2 aromatic rings. The van der Waals surface area contributed by atoms with E-state index >= 15 is 0 Å². The molecule has 6 nitrogen and oxygen atoms in total. The Labute approximate surface area is 91.5 Å². The molecule has 2 N–H and O–H groups in total. The van der Waals surface area contributed by atoms with E-state index < -0.39 is 5.97 Å². The van der Waals surface area contributed by atoms with Gasteiger partial charge in [0, 0.05) is 6.20 Å². The molecule has 0 aliphatic heterocycles. The summed E-state index contributed by atoms with van der Waals surface area (Å²) in [5.41, 5.74) is 6.39. The maximum atomic E-state index is 11.1. The Hall–Kier alpha value is -1.82. The van der Waals surface area contributed by atoms with Crippen LogP contribution in [0.4, 0.5) is 5.95 Å². The molecular weight excluding hydrogens is 220 g/mol. The SMILES string of the molecule is COC(=O)c1ccc2nc(N)nn2c1.Cl. The number of rotatable bonds is 1. The van der Waals surface area contributed by atoms with Crippen molar-refractivity contribution < 1.29 is 9.53 Å². The molecule has 0 saturated heterocycles. The molecule has 0 aromatic carbocycles. The van der Waals surface area contributed by atoms with E-state index in [2.05, 4.69) is 14.8 Å². The van der Waals surface area contributed by atoms with Crippen LogP contribution in [0.25, 0.3) is 5.65 Å².